The predicted octanol–water partition coefficient (Wildman–Crippen LogP) is 7.62. The SMILES string of the molecule is Cc1c2ccccc2cc2cccnc12.Cc1cccc2cc3ccccc3nc12.[H+].[H+]. The predicted molar refractivity (Wildman–Crippen MR) is 130 cm³/mol. The zero-order valence-corrected chi connectivity index (χ0v) is 17.1. The van der Waals surface area contributed by atoms with E-state index in [1.54, 1.807) is 0 Å². The monoisotopic (exact) mass is 388 g/mol. The number of benzene rings is 4. The molecule has 2 nitrogen and oxygen atoms in total. The van der Waals surface area contributed by atoms with Crippen molar-refractivity contribution in [3.63, 3.8) is 0 Å². The fourth-order valence-corrected chi connectivity index (χ4v) is 4.06. The molecule has 0 fully saturated rings. The zero-order valence-electron chi connectivity index (χ0n) is 19.1. The van der Waals surface area contributed by atoms with Crippen LogP contribution in [0.3, 0.4) is 0 Å². The number of aromatic nitrogens is 2. The molecule has 0 saturated heterocycles. The first kappa shape index (κ1) is 18.3. The summed E-state index contributed by atoms with van der Waals surface area (Å²) in [5.41, 5.74) is 5.79. The molecule has 2 aromatic heterocycles. The van der Waals surface area contributed by atoms with Gasteiger partial charge in [0.25, 0.3) is 0 Å². The highest BCUT2D eigenvalue weighted by molar-refractivity contribution is 6.00. The normalized spacial score (nSPS) is 11.0. The van der Waals surface area contributed by atoms with Gasteiger partial charge in [0.2, 0.25) is 0 Å². The highest BCUT2D eigenvalue weighted by Crippen LogP contribution is 2.26. The zero-order chi connectivity index (χ0) is 20.5. The minimum absolute atomic E-state index is 0. The molecule has 0 bridgehead atoms. The Hall–Kier alpha value is -3.78. The fourth-order valence-electron chi connectivity index (χ4n) is 4.06. The van der Waals surface area contributed by atoms with Crippen LogP contribution in [-0.4, -0.2) is 9.97 Å². The van der Waals surface area contributed by atoms with Gasteiger partial charge in [-0.05, 0) is 60.0 Å². The van der Waals surface area contributed by atoms with E-state index < -0.39 is 0 Å². The van der Waals surface area contributed by atoms with Crippen molar-refractivity contribution in [3.8, 4) is 0 Å². The van der Waals surface area contributed by atoms with Gasteiger partial charge < -0.3 is 0 Å². The van der Waals surface area contributed by atoms with Gasteiger partial charge in [0.05, 0.1) is 16.6 Å². The molecule has 0 radical (unpaired) electrons. The minimum Gasteiger partial charge on any atom is -0.256 e. The molecule has 4 aromatic carbocycles. The van der Waals surface area contributed by atoms with Crippen LogP contribution in [0.15, 0.2) is 97.2 Å². The third-order valence-corrected chi connectivity index (χ3v) is 5.62. The Balaban J connectivity index is 0.000000170. The molecule has 0 amide bonds. The summed E-state index contributed by atoms with van der Waals surface area (Å²) in [5.74, 6) is 0. The molecular weight excluding hydrogens is 364 g/mol. The molecule has 0 spiro atoms. The Kier molecular flexibility index (Phi) is 4.61. The Morgan fingerprint density at radius 2 is 1.27 bits per heavy atom. The van der Waals surface area contributed by atoms with E-state index >= 15 is 0 Å². The first-order valence-corrected chi connectivity index (χ1v) is 10.2. The van der Waals surface area contributed by atoms with Crippen LogP contribution in [0.25, 0.3) is 43.5 Å². The lowest BCUT2D eigenvalue weighted by Gasteiger charge is -2.05. The lowest BCUT2D eigenvalue weighted by molar-refractivity contribution is 1.38. The number of rotatable bonds is 0. The van der Waals surface area contributed by atoms with Gasteiger partial charge in [-0.1, -0.05) is 66.7 Å². The second-order valence-electron chi connectivity index (χ2n) is 7.63. The second kappa shape index (κ2) is 7.57. The van der Waals surface area contributed by atoms with Gasteiger partial charge in [-0.2, -0.15) is 0 Å². The molecule has 0 aliphatic carbocycles. The summed E-state index contributed by atoms with van der Waals surface area (Å²) >= 11 is 0. The molecule has 144 valence electrons. The van der Waals surface area contributed by atoms with Crippen LogP contribution in [0.5, 0.6) is 0 Å². The Morgan fingerprint density at radius 3 is 2.17 bits per heavy atom. The summed E-state index contributed by atoms with van der Waals surface area (Å²) in [6.45, 7) is 4.24. The number of hydrogen-bond acceptors (Lipinski definition) is 2. The highest BCUT2D eigenvalue weighted by atomic mass is 14.7. The van der Waals surface area contributed by atoms with E-state index in [9.17, 15) is 0 Å². The van der Waals surface area contributed by atoms with Crippen molar-refractivity contribution in [1.29, 1.82) is 0 Å². The van der Waals surface area contributed by atoms with Gasteiger partial charge in [0.1, 0.15) is 0 Å². The molecule has 0 aliphatic rings. The first-order valence-electron chi connectivity index (χ1n) is 10.2. The molecule has 6 rings (SSSR count). The van der Waals surface area contributed by atoms with Crippen molar-refractivity contribution in [2.24, 2.45) is 0 Å². The number of pyridine rings is 2. The van der Waals surface area contributed by atoms with Gasteiger partial charge in [-0.15, -0.1) is 0 Å². The van der Waals surface area contributed by atoms with Crippen LogP contribution in [0.1, 0.15) is 14.0 Å². The largest absolute Gasteiger partial charge is 1.00 e. The summed E-state index contributed by atoms with van der Waals surface area (Å²) in [7, 11) is 0. The van der Waals surface area contributed by atoms with Crippen LogP contribution in [-0.2, 0) is 0 Å². The maximum Gasteiger partial charge on any atom is 1.00 e. The molecular formula is C28H24N2+2. The number of aryl methyl sites for hydroxylation is 2. The average molecular weight is 389 g/mol. The van der Waals surface area contributed by atoms with E-state index in [0.29, 0.717) is 0 Å². The van der Waals surface area contributed by atoms with Gasteiger partial charge in [-0.25, -0.2) is 4.98 Å². The molecule has 2 heteroatoms. The summed E-state index contributed by atoms with van der Waals surface area (Å²) < 4.78 is 0. The minimum atomic E-state index is 0. The van der Waals surface area contributed by atoms with Crippen LogP contribution >= 0.6 is 0 Å². The Bertz CT molecular complexity index is 1450. The quantitative estimate of drug-likeness (QED) is 0.250. The van der Waals surface area contributed by atoms with Gasteiger partial charge in [0, 0.05) is 22.4 Å². The van der Waals surface area contributed by atoms with E-state index in [1.807, 2.05) is 24.4 Å². The smallest absolute Gasteiger partial charge is 0.256 e. The third-order valence-electron chi connectivity index (χ3n) is 5.62. The molecule has 6 aromatic rings. The van der Waals surface area contributed by atoms with Crippen LogP contribution in [0.2, 0.25) is 0 Å². The molecule has 0 N–H and O–H groups in total. The first-order chi connectivity index (χ1) is 14.7. The van der Waals surface area contributed by atoms with E-state index in [2.05, 4.69) is 96.6 Å². The topological polar surface area (TPSA) is 25.8 Å². The van der Waals surface area contributed by atoms with E-state index in [-0.39, 0.29) is 2.85 Å². The van der Waals surface area contributed by atoms with E-state index in [4.69, 9.17) is 0 Å². The maximum atomic E-state index is 4.68. The van der Waals surface area contributed by atoms with Crippen molar-refractivity contribution in [2.75, 3.05) is 0 Å². The second-order valence-corrected chi connectivity index (χ2v) is 7.63. The van der Waals surface area contributed by atoms with Crippen molar-refractivity contribution < 1.29 is 2.85 Å². The molecule has 0 saturated carbocycles. The molecule has 0 unspecified atom stereocenters. The van der Waals surface area contributed by atoms with Crippen molar-refractivity contribution >= 4 is 43.5 Å². The van der Waals surface area contributed by atoms with Crippen molar-refractivity contribution in [3.05, 3.63) is 108 Å². The molecule has 0 aliphatic heterocycles. The van der Waals surface area contributed by atoms with Crippen LogP contribution in [0.4, 0.5) is 0 Å². The van der Waals surface area contributed by atoms with Crippen molar-refractivity contribution in [2.45, 2.75) is 13.8 Å². The number of hydrogen-bond donors (Lipinski definition) is 0. The number of para-hydroxylation sites is 2. The summed E-state index contributed by atoms with van der Waals surface area (Å²) in [5, 5.41) is 6.22. The number of fused-ring (bicyclic) bond motifs is 4. The van der Waals surface area contributed by atoms with Gasteiger partial charge in [0.15, 0.2) is 0 Å². The van der Waals surface area contributed by atoms with E-state index in [1.165, 1.54) is 38.1 Å². The molecule has 30 heavy (non-hydrogen) atoms. The third kappa shape index (κ3) is 3.27. The van der Waals surface area contributed by atoms with Crippen LogP contribution < -0.4 is 0 Å². The molecule has 2 heterocycles. The highest BCUT2D eigenvalue weighted by Gasteiger charge is 2.03. The summed E-state index contributed by atoms with van der Waals surface area (Å²) in [6.07, 6.45) is 1.85. The number of nitrogens with zero attached hydrogens (tertiary/aromatic N) is 2. The summed E-state index contributed by atoms with van der Waals surface area (Å²) in [4.78, 5) is 9.11. The average Bonchev–Trinajstić information content (AvgIpc) is 2.79. The molecule has 0 atom stereocenters. The lowest BCUT2D eigenvalue weighted by Crippen LogP contribution is -1.85. The summed E-state index contributed by atoms with van der Waals surface area (Å²) in [6, 6.07) is 31.5. The van der Waals surface area contributed by atoms with Crippen LogP contribution in [0, 0.1) is 13.8 Å². The van der Waals surface area contributed by atoms with Gasteiger partial charge in [-0.3, -0.25) is 4.98 Å². The van der Waals surface area contributed by atoms with Gasteiger partial charge >= 0.3 is 2.85 Å². The Morgan fingerprint density at radius 1 is 0.600 bits per heavy atom. The van der Waals surface area contributed by atoms with Crippen molar-refractivity contribution in [1.82, 2.24) is 9.97 Å². The lowest BCUT2D eigenvalue weighted by atomic mass is 10.0. The maximum absolute atomic E-state index is 4.68. The standard InChI is InChI=1S/2C14H11N/c1-10-5-4-7-12-9-11-6-2-3-8-13(11)15-14(10)12;1-10-13-7-3-2-5-11(13)9-12-6-4-8-15-14(10)12/h2*2-9H,1H3/p+2. The Labute approximate surface area is 178 Å². The fraction of sp³-hybridized carbons (Fsp3) is 0.0714. The van der Waals surface area contributed by atoms with E-state index in [0.717, 1.165) is 16.6 Å².